The molecule has 0 amide bonds. The van der Waals surface area contributed by atoms with Crippen molar-refractivity contribution in [2.45, 2.75) is 48.0 Å². The zero-order chi connectivity index (χ0) is 23.9. The number of hydrogen-bond donors (Lipinski definition) is 1. The molecule has 2 aromatic carbocycles. The highest BCUT2D eigenvalue weighted by atomic mass is 16.4. The van der Waals surface area contributed by atoms with Crippen LogP contribution in [0.3, 0.4) is 0 Å². The van der Waals surface area contributed by atoms with Gasteiger partial charge in [-0.25, -0.2) is 4.79 Å². The van der Waals surface area contributed by atoms with Crippen LogP contribution in [0, 0.1) is 5.41 Å². The fourth-order valence-electron chi connectivity index (χ4n) is 3.61. The first-order chi connectivity index (χ1) is 15.1. The number of nitrogens with zero attached hydrogens (tertiary/aromatic N) is 1. The Morgan fingerprint density at radius 2 is 1.66 bits per heavy atom. The number of aromatic carboxylic acids is 1. The molecule has 1 aromatic heterocycles. The first-order valence-electron chi connectivity index (χ1n) is 11.0. The van der Waals surface area contributed by atoms with Gasteiger partial charge in [0.2, 0.25) is 0 Å². The summed E-state index contributed by atoms with van der Waals surface area (Å²) in [5.74, 6) is -0.913. The molecule has 0 bridgehead atoms. The van der Waals surface area contributed by atoms with Crippen molar-refractivity contribution in [3.05, 3.63) is 96.3 Å². The van der Waals surface area contributed by atoms with Crippen molar-refractivity contribution in [3.63, 3.8) is 0 Å². The largest absolute Gasteiger partial charge is 0.478 e. The van der Waals surface area contributed by atoms with Crippen molar-refractivity contribution in [2.24, 2.45) is 5.41 Å². The van der Waals surface area contributed by atoms with E-state index in [-0.39, 0.29) is 5.41 Å². The zero-order valence-corrected chi connectivity index (χ0v) is 20.1. The molecule has 32 heavy (non-hydrogen) atoms. The van der Waals surface area contributed by atoms with E-state index in [1.165, 1.54) is 16.8 Å². The Bertz CT molecular complexity index is 1100. The Labute approximate surface area is 192 Å². The molecule has 0 spiro atoms. The molecular formula is C29H35NO2. The maximum absolute atomic E-state index is 11.6. The third kappa shape index (κ3) is 6.10. The number of hydrogen-bond acceptors (Lipinski definition) is 1. The monoisotopic (exact) mass is 429 g/mol. The number of carboxylic acids is 1. The zero-order valence-electron chi connectivity index (χ0n) is 20.1. The van der Waals surface area contributed by atoms with E-state index in [9.17, 15) is 9.90 Å². The van der Waals surface area contributed by atoms with Crippen LogP contribution in [0.1, 0.15) is 63.3 Å². The van der Waals surface area contributed by atoms with Crippen molar-refractivity contribution in [1.82, 2.24) is 4.57 Å². The van der Waals surface area contributed by atoms with Gasteiger partial charge in [-0.2, -0.15) is 0 Å². The van der Waals surface area contributed by atoms with E-state index < -0.39 is 5.97 Å². The summed E-state index contributed by atoms with van der Waals surface area (Å²) in [6.07, 6.45) is 4.72. The molecule has 1 heterocycles. The highest BCUT2D eigenvalue weighted by Gasteiger charge is 2.23. The van der Waals surface area contributed by atoms with E-state index in [1.807, 2.05) is 32.0 Å². The van der Waals surface area contributed by atoms with Crippen LogP contribution >= 0.6 is 0 Å². The molecule has 0 aliphatic heterocycles. The first-order valence-corrected chi connectivity index (χ1v) is 11.0. The molecule has 3 aromatic rings. The van der Waals surface area contributed by atoms with Gasteiger partial charge in [0.15, 0.2) is 0 Å². The van der Waals surface area contributed by atoms with Gasteiger partial charge in [-0.3, -0.25) is 0 Å². The van der Waals surface area contributed by atoms with E-state index >= 15 is 0 Å². The SMILES string of the molecule is C/C=C(\C)c1cc(-c2ccccc2)c(CC(C)(C)C)n1-c1cccc(C(=O)O)c1.C=CC. The fourth-order valence-corrected chi connectivity index (χ4v) is 3.61. The summed E-state index contributed by atoms with van der Waals surface area (Å²) in [7, 11) is 0. The van der Waals surface area contributed by atoms with Gasteiger partial charge in [0.05, 0.1) is 5.56 Å². The van der Waals surface area contributed by atoms with Crippen molar-refractivity contribution >= 4 is 11.5 Å². The van der Waals surface area contributed by atoms with E-state index in [1.54, 1.807) is 18.2 Å². The van der Waals surface area contributed by atoms with Crippen LogP contribution in [0.2, 0.25) is 0 Å². The third-order valence-electron chi connectivity index (χ3n) is 5.07. The topological polar surface area (TPSA) is 42.2 Å². The Kier molecular flexibility index (Phi) is 8.42. The normalized spacial score (nSPS) is 11.5. The second-order valence-corrected chi connectivity index (χ2v) is 9.06. The van der Waals surface area contributed by atoms with Crippen LogP contribution in [0.25, 0.3) is 22.4 Å². The number of aromatic nitrogens is 1. The second-order valence-electron chi connectivity index (χ2n) is 9.06. The van der Waals surface area contributed by atoms with Gasteiger partial charge in [-0.1, -0.05) is 69.3 Å². The highest BCUT2D eigenvalue weighted by Crippen LogP contribution is 2.37. The van der Waals surface area contributed by atoms with Crippen LogP contribution in [-0.2, 0) is 6.42 Å². The summed E-state index contributed by atoms with van der Waals surface area (Å²) in [4.78, 5) is 11.6. The minimum Gasteiger partial charge on any atom is -0.478 e. The van der Waals surface area contributed by atoms with E-state index in [0.717, 1.165) is 23.4 Å². The van der Waals surface area contributed by atoms with Crippen molar-refractivity contribution in [1.29, 1.82) is 0 Å². The minimum absolute atomic E-state index is 0.0745. The molecule has 3 heteroatoms. The van der Waals surface area contributed by atoms with Gasteiger partial charge >= 0.3 is 5.97 Å². The lowest BCUT2D eigenvalue weighted by atomic mass is 9.88. The Morgan fingerprint density at radius 1 is 1.03 bits per heavy atom. The lowest BCUT2D eigenvalue weighted by Gasteiger charge is -2.23. The van der Waals surface area contributed by atoms with Crippen LogP contribution in [0.5, 0.6) is 0 Å². The molecule has 1 N–H and O–H groups in total. The lowest BCUT2D eigenvalue weighted by molar-refractivity contribution is 0.0697. The van der Waals surface area contributed by atoms with Gasteiger partial charge in [-0.15, -0.1) is 6.58 Å². The van der Waals surface area contributed by atoms with Crippen LogP contribution in [-0.4, -0.2) is 15.6 Å². The van der Waals surface area contributed by atoms with Crippen LogP contribution < -0.4 is 0 Å². The van der Waals surface area contributed by atoms with Gasteiger partial charge in [0, 0.05) is 22.6 Å². The standard InChI is InChI=1S/C26H29NO2.C3H6/c1-6-18(2)23-16-22(19-11-8-7-9-12-19)24(17-26(3,4)5)27(23)21-14-10-13-20(15-21)25(28)29;1-3-2/h6-16H,17H2,1-5H3,(H,28,29);3H,1H2,2H3/b18-6+;. The van der Waals surface area contributed by atoms with E-state index in [0.29, 0.717) is 5.56 Å². The number of carbonyl (C=O) groups is 1. The van der Waals surface area contributed by atoms with Crippen LogP contribution in [0.4, 0.5) is 0 Å². The molecule has 0 aliphatic rings. The Hall–Kier alpha value is -3.33. The molecule has 0 saturated carbocycles. The molecule has 0 aliphatic carbocycles. The number of rotatable bonds is 5. The minimum atomic E-state index is -0.913. The molecule has 0 fully saturated rings. The summed E-state index contributed by atoms with van der Waals surface area (Å²) in [5.41, 5.74) is 7.05. The van der Waals surface area contributed by atoms with E-state index in [4.69, 9.17) is 0 Å². The molecule has 0 saturated heterocycles. The average Bonchev–Trinajstić information content (AvgIpc) is 3.12. The molecule has 0 unspecified atom stereocenters. The molecule has 0 atom stereocenters. The van der Waals surface area contributed by atoms with Crippen molar-refractivity contribution in [2.75, 3.05) is 0 Å². The Balaban J connectivity index is 0.00000114. The fraction of sp³-hybridized carbons (Fsp3) is 0.276. The summed E-state index contributed by atoms with van der Waals surface area (Å²) < 4.78 is 2.23. The van der Waals surface area contributed by atoms with Gasteiger partial charge < -0.3 is 9.67 Å². The maximum Gasteiger partial charge on any atom is 0.335 e. The molecular weight excluding hydrogens is 394 g/mol. The second kappa shape index (κ2) is 10.8. The summed E-state index contributed by atoms with van der Waals surface area (Å²) in [6.45, 7) is 16.1. The molecule has 168 valence electrons. The highest BCUT2D eigenvalue weighted by molar-refractivity contribution is 5.88. The van der Waals surface area contributed by atoms with Gasteiger partial charge in [-0.05, 0) is 68.0 Å². The quantitative estimate of drug-likeness (QED) is 0.417. The average molecular weight is 430 g/mol. The molecule has 3 nitrogen and oxygen atoms in total. The molecule has 3 rings (SSSR count). The summed E-state index contributed by atoms with van der Waals surface area (Å²) >= 11 is 0. The first kappa shape index (κ1) is 24.9. The molecule has 0 radical (unpaired) electrons. The van der Waals surface area contributed by atoms with E-state index in [2.05, 4.69) is 75.2 Å². The van der Waals surface area contributed by atoms with Gasteiger partial charge in [0.1, 0.15) is 0 Å². The van der Waals surface area contributed by atoms with Crippen molar-refractivity contribution in [3.8, 4) is 16.8 Å². The summed E-state index contributed by atoms with van der Waals surface area (Å²) in [5, 5.41) is 9.50. The number of carboxylic acid groups (broad SMARTS) is 1. The van der Waals surface area contributed by atoms with Crippen molar-refractivity contribution < 1.29 is 9.90 Å². The smallest absolute Gasteiger partial charge is 0.335 e. The maximum atomic E-state index is 11.6. The summed E-state index contributed by atoms with van der Waals surface area (Å²) in [6, 6.07) is 19.8. The third-order valence-corrected chi connectivity index (χ3v) is 5.07. The number of benzene rings is 2. The predicted octanol–water partition coefficient (Wildman–Crippen LogP) is 8.05. The predicted molar refractivity (Wildman–Crippen MR) is 137 cm³/mol. The number of allylic oxidation sites excluding steroid dienone is 3. The Morgan fingerprint density at radius 3 is 2.19 bits per heavy atom. The lowest BCUT2D eigenvalue weighted by Crippen LogP contribution is -2.15. The van der Waals surface area contributed by atoms with Gasteiger partial charge in [0.25, 0.3) is 0 Å². The van der Waals surface area contributed by atoms with Crippen LogP contribution in [0.15, 0.2) is 79.4 Å².